The van der Waals surface area contributed by atoms with Gasteiger partial charge in [-0.2, -0.15) is 13.2 Å². The van der Waals surface area contributed by atoms with Gasteiger partial charge < -0.3 is 5.32 Å². The lowest BCUT2D eigenvalue weighted by Gasteiger charge is -2.29. The van der Waals surface area contributed by atoms with Gasteiger partial charge in [0.05, 0.1) is 11.3 Å². The average Bonchev–Trinajstić information content (AvgIpc) is 3.46. The highest BCUT2D eigenvalue weighted by Gasteiger charge is 2.40. The van der Waals surface area contributed by atoms with Crippen molar-refractivity contribution in [3.8, 4) is 0 Å². The number of nitrogens with zero attached hydrogens (tertiary/aromatic N) is 5. The van der Waals surface area contributed by atoms with Gasteiger partial charge in [0.2, 0.25) is 5.95 Å². The van der Waals surface area contributed by atoms with Crippen LogP contribution < -0.4 is 5.32 Å². The quantitative estimate of drug-likeness (QED) is 0.693. The molecule has 3 aromatic rings. The SMILES string of the molecule is FC(F)(F)c1cnc(N[C@@H]2CCC[C@H](c3nnc4ccccn34)C2)nc1C1CC1. The minimum absolute atomic E-state index is 0.0913. The van der Waals surface area contributed by atoms with E-state index in [4.69, 9.17) is 0 Å². The third-order valence-corrected chi connectivity index (χ3v) is 5.80. The summed E-state index contributed by atoms with van der Waals surface area (Å²) in [7, 11) is 0. The Morgan fingerprint density at radius 1 is 1.03 bits per heavy atom. The number of rotatable bonds is 4. The van der Waals surface area contributed by atoms with Gasteiger partial charge in [-0.3, -0.25) is 4.40 Å². The molecule has 3 heterocycles. The molecule has 2 fully saturated rings. The van der Waals surface area contributed by atoms with E-state index in [2.05, 4.69) is 25.5 Å². The first-order chi connectivity index (χ1) is 14.0. The first-order valence-electron chi connectivity index (χ1n) is 9.99. The number of pyridine rings is 1. The molecule has 1 N–H and O–H groups in total. The number of hydrogen-bond donors (Lipinski definition) is 1. The van der Waals surface area contributed by atoms with E-state index in [9.17, 15) is 13.2 Å². The second kappa shape index (κ2) is 6.96. The molecule has 6 nitrogen and oxygen atoms in total. The Hall–Kier alpha value is -2.71. The summed E-state index contributed by atoms with van der Waals surface area (Å²) >= 11 is 0. The summed E-state index contributed by atoms with van der Waals surface area (Å²) in [5.74, 6) is 1.35. The van der Waals surface area contributed by atoms with Crippen molar-refractivity contribution < 1.29 is 13.2 Å². The summed E-state index contributed by atoms with van der Waals surface area (Å²) in [5.41, 5.74) is 0.241. The maximum Gasteiger partial charge on any atom is 0.419 e. The molecule has 0 aliphatic heterocycles. The molecule has 29 heavy (non-hydrogen) atoms. The molecular formula is C20H21F3N6. The van der Waals surface area contributed by atoms with Crippen molar-refractivity contribution in [2.75, 3.05) is 5.32 Å². The van der Waals surface area contributed by atoms with E-state index >= 15 is 0 Å². The van der Waals surface area contributed by atoms with Crippen LogP contribution in [0.5, 0.6) is 0 Å². The average molecular weight is 402 g/mol. The van der Waals surface area contributed by atoms with Gasteiger partial charge in [0, 0.05) is 30.3 Å². The second-order valence-corrected chi connectivity index (χ2v) is 7.96. The summed E-state index contributed by atoms with van der Waals surface area (Å²) < 4.78 is 41.7. The summed E-state index contributed by atoms with van der Waals surface area (Å²) in [6.07, 6.45) is 3.74. The Morgan fingerprint density at radius 2 is 1.90 bits per heavy atom. The highest BCUT2D eigenvalue weighted by Crippen LogP contribution is 2.45. The van der Waals surface area contributed by atoms with E-state index in [-0.39, 0.29) is 29.5 Å². The van der Waals surface area contributed by atoms with Crippen molar-refractivity contribution in [2.24, 2.45) is 0 Å². The van der Waals surface area contributed by atoms with Crippen LogP contribution in [0.1, 0.15) is 67.4 Å². The van der Waals surface area contributed by atoms with Gasteiger partial charge in [0.25, 0.3) is 0 Å². The highest BCUT2D eigenvalue weighted by atomic mass is 19.4. The molecule has 0 bridgehead atoms. The maximum atomic E-state index is 13.2. The molecule has 3 aromatic heterocycles. The Morgan fingerprint density at radius 3 is 2.69 bits per heavy atom. The summed E-state index contributed by atoms with van der Waals surface area (Å²) in [6.45, 7) is 0. The Bertz CT molecular complexity index is 1030. The van der Waals surface area contributed by atoms with Crippen LogP contribution in [-0.2, 0) is 6.18 Å². The zero-order chi connectivity index (χ0) is 20.0. The molecule has 0 saturated heterocycles. The number of halogens is 3. The molecule has 5 rings (SSSR count). The van der Waals surface area contributed by atoms with Crippen LogP contribution in [0.25, 0.3) is 5.65 Å². The Labute approximate surface area is 165 Å². The number of aromatic nitrogens is 5. The fourth-order valence-corrected chi connectivity index (χ4v) is 4.23. The Kier molecular flexibility index (Phi) is 4.40. The van der Waals surface area contributed by atoms with E-state index < -0.39 is 11.7 Å². The number of hydrogen-bond acceptors (Lipinski definition) is 5. The third kappa shape index (κ3) is 3.65. The summed E-state index contributed by atoms with van der Waals surface area (Å²) in [5, 5.41) is 11.9. The number of alkyl halides is 3. The fourth-order valence-electron chi connectivity index (χ4n) is 4.23. The van der Waals surface area contributed by atoms with E-state index in [1.807, 2.05) is 28.8 Å². The molecule has 0 spiro atoms. The van der Waals surface area contributed by atoms with Gasteiger partial charge in [0.15, 0.2) is 5.65 Å². The molecule has 2 aliphatic rings. The fraction of sp³-hybridized carbons (Fsp3) is 0.500. The van der Waals surface area contributed by atoms with Crippen LogP contribution >= 0.6 is 0 Å². The predicted molar refractivity (Wildman–Crippen MR) is 101 cm³/mol. The van der Waals surface area contributed by atoms with Crippen molar-refractivity contribution in [1.29, 1.82) is 0 Å². The van der Waals surface area contributed by atoms with Crippen LogP contribution in [0.4, 0.5) is 19.1 Å². The first-order valence-corrected chi connectivity index (χ1v) is 9.99. The monoisotopic (exact) mass is 402 g/mol. The normalized spacial score (nSPS) is 22.7. The van der Waals surface area contributed by atoms with Crippen molar-refractivity contribution >= 4 is 11.6 Å². The van der Waals surface area contributed by atoms with Crippen LogP contribution in [0.2, 0.25) is 0 Å². The van der Waals surface area contributed by atoms with Gasteiger partial charge in [-0.05, 0) is 44.2 Å². The molecule has 0 amide bonds. The van der Waals surface area contributed by atoms with Crippen LogP contribution in [0.15, 0.2) is 30.6 Å². The molecular weight excluding hydrogens is 381 g/mol. The maximum absolute atomic E-state index is 13.2. The first kappa shape index (κ1) is 18.3. The number of anilines is 1. The molecule has 2 atom stereocenters. The van der Waals surface area contributed by atoms with Crippen molar-refractivity contribution in [2.45, 2.75) is 62.6 Å². The molecule has 9 heteroatoms. The Balaban J connectivity index is 1.35. The van der Waals surface area contributed by atoms with Crippen LogP contribution in [0, 0.1) is 0 Å². The van der Waals surface area contributed by atoms with E-state index in [0.29, 0.717) is 0 Å². The number of fused-ring (bicyclic) bond motifs is 1. The van der Waals surface area contributed by atoms with Gasteiger partial charge >= 0.3 is 6.18 Å². The molecule has 152 valence electrons. The van der Waals surface area contributed by atoms with Crippen molar-refractivity contribution in [3.63, 3.8) is 0 Å². The lowest BCUT2D eigenvalue weighted by molar-refractivity contribution is -0.138. The smallest absolute Gasteiger partial charge is 0.351 e. The zero-order valence-corrected chi connectivity index (χ0v) is 15.7. The van der Waals surface area contributed by atoms with Gasteiger partial charge in [-0.15, -0.1) is 10.2 Å². The summed E-state index contributed by atoms with van der Waals surface area (Å²) in [6, 6.07) is 5.89. The second-order valence-electron chi connectivity index (χ2n) is 7.96. The van der Waals surface area contributed by atoms with Crippen LogP contribution in [0.3, 0.4) is 0 Å². The largest absolute Gasteiger partial charge is 0.419 e. The standard InChI is InChI=1S/C20H21F3N6/c21-20(22,23)15-11-24-19(26-17(15)12-7-8-12)25-14-5-3-4-13(10-14)18-28-27-16-6-1-2-9-29(16)18/h1-2,6,9,11-14H,3-5,7-8,10H2,(H,24,25,26)/t13-,14+/m0/s1. The zero-order valence-electron chi connectivity index (χ0n) is 15.7. The number of nitrogens with one attached hydrogen (secondary N) is 1. The molecule has 0 aromatic carbocycles. The van der Waals surface area contributed by atoms with E-state index in [0.717, 1.165) is 56.2 Å². The lowest BCUT2D eigenvalue weighted by atomic mass is 9.85. The van der Waals surface area contributed by atoms with Crippen molar-refractivity contribution in [3.05, 3.63) is 47.7 Å². The summed E-state index contributed by atoms with van der Waals surface area (Å²) in [4.78, 5) is 8.23. The molecule has 0 unspecified atom stereocenters. The minimum Gasteiger partial charge on any atom is -0.351 e. The topological polar surface area (TPSA) is 68.0 Å². The van der Waals surface area contributed by atoms with E-state index in [1.54, 1.807) is 0 Å². The highest BCUT2D eigenvalue weighted by molar-refractivity contribution is 5.38. The van der Waals surface area contributed by atoms with Gasteiger partial charge in [-0.25, -0.2) is 9.97 Å². The lowest BCUT2D eigenvalue weighted by Crippen LogP contribution is -2.28. The van der Waals surface area contributed by atoms with E-state index in [1.165, 1.54) is 0 Å². The minimum atomic E-state index is -4.42. The van der Waals surface area contributed by atoms with Gasteiger partial charge in [-0.1, -0.05) is 12.5 Å². The molecule has 2 aliphatic carbocycles. The predicted octanol–water partition coefficient (Wildman–Crippen LogP) is 4.55. The molecule has 2 saturated carbocycles. The van der Waals surface area contributed by atoms with Gasteiger partial charge in [0.1, 0.15) is 5.82 Å². The van der Waals surface area contributed by atoms with Crippen LogP contribution in [-0.4, -0.2) is 30.6 Å². The molecule has 0 radical (unpaired) electrons. The van der Waals surface area contributed by atoms with Crippen molar-refractivity contribution in [1.82, 2.24) is 24.6 Å². The third-order valence-electron chi connectivity index (χ3n) is 5.80.